The summed E-state index contributed by atoms with van der Waals surface area (Å²) < 4.78 is 28.7. The summed E-state index contributed by atoms with van der Waals surface area (Å²) >= 11 is 7.45. The zero-order valence-corrected chi connectivity index (χ0v) is 20.4. The first kappa shape index (κ1) is 23.8. The summed E-state index contributed by atoms with van der Waals surface area (Å²) in [6, 6.07) is 22.9. The smallest absolute Gasteiger partial charge is 0.308 e. The number of carboxylic acids is 1. The molecule has 0 aliphatic carbocycles. The summed E-state index contributed by atoms with van der Waals surface area (Å²) in [6.45, 7) is 1.79. The number of benzene rings is 3. The normalized spacial score (nSPS) is 21.6. The summed E-state index contributed by atoms with van der Waals surface area (Å²) in [7, 11) is -3.90. The topological polar surface area (TPSA) is 74.7 Å². The molecule has 0 amide bonds. The van der Waals surface area contributed by atoms with Gasteiger partial charge in [0.25, 0.3) is 0 Å². The van der Waals surface area contributed by atoms with E-state index in [-0.39, 0.29) is 16.7 Å². The van der Waals surface area contributed by atoms with Gasteiger partial charge in [-0.25, -0.2) is 8.42 Å². The van der Waals surface area contributed by atoms with Gasteiger partial charge < -0.3 is 5.11 Å². The highest BCUT2D eigenvalue weighted by Gasteiger charge is 2.45. The molecule has 172 valence electrons. The van der Waals surface area contributed by atoms with Crippen molar-refractivity contribution in [1.29, 1.82) is 0 Å². The molecule has 1 fully saturated rings. The molecular weight excluding hydrogens is 478 g/mol. The van der Waals surface area contributed by atoms with Gasteiger partial charge in [-0.1, -0.05) is 59.6 Å². The Morgan fingerprint density at radius 3 is 2.24 bits per heavy atom. The number of hydrogen-bond donors (Lipinski definition) is 1. The van der Waals surface area contributed by atoms with E-state index in [1.807, 2.05) is 49.4 Å². The van der Waals surface area contributed by atoms with Gasteiger partial charge in [-0.15, -0.1) is 11.8 Å². The molecule has 4 rings (SSSR count). The molecule has 0 aromatic heterocycles. The Kier molecular flexibility index (Phi) is 7.14. The fourth-order valence-corrected chi connectivity index (χ4v) is 7.15. The average Bonchev–Trinajstić information content (AvgIpc) is 2.81. The molecule has 0 saturated carbocycles. The molecular formula is C25H24ClNO4S2. The molecule has 1 heterocycles. The van der Waals surface area contributed by atoms with Crippen molar-refractivity contribution in [2.75, 3.05) is 6.54 Å². The summed E-state index contributed by atoms with van der Waals surface area (Å²) in [4.78, 5) is 13.3. The van der Waals surface area contributed by atoms with Gasteiger partial charge in [-0.05, 0) is 55.3 Å². The fourth-order valence-electron chi connectivity index (χ4n) is 4.08. The van der Waals surface area contributed by atoms with E-state index >= 15 is 0 Å². The quantitative estimate of drug-likeness (QED) is 0.472. The molecule has 0 bridgehead atoms. The van der Waals surface area contributed by atoms with Gasteiger partial charge in [0.05, 0.1) is 16.9 Å². The van der Waals surface area contributed by atoms with Crippen molar-refractivity contribution >= 4 is 39.4 Å². The van der Waals surface area contributed by atoms with Crippen molar-refractivity contribution in [3.63, 3.8) is 0 Å². The highest BCUT2D eigenvalue weighted by Crippen LogP contribution is 2.44. The van der Waals surface area contributed by atoms with Crippen LogP contribution in [0.25, 0.3) is 0 Å². The van der Waals surface area contributed by atoms with Gasteiger partial charge >= 0.3 is 5.97 Å². The monoisotopic (exact) mass is 501 g/mol. The van der Waals surface area contributed by atoms with E-state index in [1.54, 1.807) is 36.4 Å². The first-order valence-corrected chi connectivity index (χ1v) is 13.2. The predicted molar refractivity (Wildman–Crippen MR) is 131 cm³/mol. The van der Waals surface area contributed by atoms with Gasteiger partial charge in [-0.3, -0.25) is 4.79 Å². The second kappa shape index (κ2) is 9.89. The molecule has 8 heteroatoms. The van der Waals surface area contributed by atoms with E-state index in [4.69, 9.17) is 11.6 Å². The lowest BCUT2D eigenvalue weighted by Crippen LogP contribution is -2.49. The highest BCUT2D eigenvalue weighted by molar-refractivity contribution is 8.00. The number of nitrogens with zero attached hydrogens (tertiary/aromatic N) is 1. The van der Waals surface area contributed by atoms with Crippen molar-refractivity contribution in [3.05, 3.63) is 95.0 Å². The van der Waals surface area contributed by atoms with Crippen LogP contribution in [0.5, 0.6) is 0 Å². The van der Waals surface area contributed by atoms with Crippen molar-refractivity contribution in [3.8, 4) is 0 Å². The lowest BCUT2D eigenvalue weighted by atomic mass is 9.90. The van der Waals surface area contributed by atoms with Gasteiger partial charge in [0.1, 0.15) is 0 Å². The second-order valence-electron chi connectivity index (χ2n) is 8.10. The van der Waals surface area contributed by atoms with Crippen LogP contribution in [0.4, 0.5) is 0 Å². The summed E-state index contributed by atoms with van der Waals surface area (Å²) in [6.07, 6.45) is 0.374. The minimum Gasteiger partial charge on any atom is -0.481 e. The number of halogens is 1. The number of carboxylic acid groups (broad SMARTS) is 1. The van der Waals surface area contributed by atoms with E-state index in [0.717, 1.165) is 16.0 Å². The number of hydrogen-bond acceptors (Lipinski definition) is 4. The lowest BCUT2D eigenvalue weighted by Gasteiger charge is -2.41. The molecule has 0 unspecified atom stereocenters. The largest absolute Gasteiger partial charge is 0.481 e. The Labute approximate surface area is 203 Å². The van der Waals surface area contributed by atoms with Crippen molar-refractivity contribution in [2.45, 2.75) is 34.4 Å². The van der Waals surface area contributed by atoms with Crippen molar-refractivity contribution < 1.29 is 18.3 Å². The number of aryl methyl sites for hydroxylation is 1. The third-order valence-electron chi connectivity index (χ3n) is 5.86. The fraction of sp³-hybridized carbons (Fsp3) is 0.240. The number of piperidine rings is 1. The van der Waals surface area contributed by atoms with Crippen molar-refractivity contribution in [2.24, 2.45) is 5.92 Å². The average molecular weight is 502 g/mol. The highest BCUT2D eigenvalue weighted by atomic mass is 35.5. The molecule has 5 nitrogen and oxygen atoms in total. The van der Waals surface area contributed by atoms with E-state index in [0.29, 0.717) is 11.4 Å². The molecule has 3 atom stereocenters. The molecule has 0 spiro atoms. The van der Waals surface area contributed by atoms with E-state index in [2.05, 4.69) is 0 Å². The number of thioether (sulfide) groups is 1. The first-order chi connectivity index (χ1) is 15.8. The van der Waals surface area contributed by atoms with Crippen LogP contribution in [0.3, 0.4) is 0 Å². The number of sulfonamides is 1. The lowest BCUT2D eigenvalue weighted by molar-refractivity contribution is -0.143. The van der Waals surface area contributed by atoms with Gasteiger partial charge in [-0.2, -0.15) is 4.31 Å². The molecule has 33 heavy (non-hydrogen) atoms. The minimum atomic E-state index is -3.90. The van der Waals surface area contributed by atoms with Crippen LogP contribution in [0, 0.1) is 12.8 Å². The van der Waals surface area contributed by atoms with E-state index in [9.17, 15) is 18.3 Å². The number of rotatable bonds is 6. The third kappa shape index (κ3) is 5.27. The maximum atomic E-state index is 13.7. The number of carbonyl (C=O) groups is 1. The first-order valence-electron chi connectivity index (χ1n) is 10.5. The van der Waals surface area contributed by atoms with Crippen molar-refractivity contribution in [1.82, 2.24) is 4.31 Å². The standard InChI is InChI=1S/C25H24ClNO4S2/c1-17-7-13-21(14-8-17)33(30,31)27-16-22(25(28)29)24(32-20-11-9-19(26)10-12-20)15-23(27)18-5-3-2-4-6-18/h2-14,22-24H,15-16H2,1H3,(H,28,29)/t22-,23+,24-/m1/s1. The molecule has 0 radical (unpaired) electrons. The molecule has 1 aliphatic rings. The third-order valence-corrected chi connectivity index (χ3v) is 9.37. The second-order valence-corrected chi connectivity index (χ2v) is 11.7. The van der Waals surface area contributed by atoms with Crippen LogP contribution in [0.2, 0.25) is 5.02 Å². The zero-order valence-electron chi connectivity index (χ0n) is 18.0. The Bertz CT molecular complexity index is 1220. The minimum absolute atomic E-state index is 0.101. The molecule has 1 aliphatic heterocycles. The summed E-state index contributed by atoms with van der Waals surface area (Å²) in [5.41, 5.74) is 1.80. The van der Waals surface area contributed by atoms with Crippen LogP contribution < -0.4 is 0 Å². The summed E-state index contributed by atoms with van der Waals surface area (Å²) in [5.74, 6) is -1.86. The Balaban J connectivity index is 1.73. The molecule has 1 saturated heterocycles. The predicted octanol–water partition coefficient (Wildman–Crippen LogP) is 5.65. The van der Waals surface area contributed by atoms with Gasteiger partial charge in [0, 0.05) is 21.7 Å². The van der Waals surface area contributed by atoms with Crippen LogP contribution in [-0.2, 0) is 14.8 Å². The maximum absolute atomic E-state index is 13.7. The van der Waals surface area contributed by atoms with Gasteiger partial charge in [0.15, 0.2) is 0 Å². The van der Waals surface area contributed by atoms with E-state index < -0.39 is 28.0 Å². The van der Waals surface area contributed by atoms with Crippen LogP contribution in [0.15, 0.2) is 88.7 Å². The SMILES string of the molecule is Cc1ccc(S(=O)(=O)N2C[C@@H](C(=O)O)[C@H](Sc3ccc(Cl)cc3)C[C@H]2c2ccccc2)cc1. The Hall–Kier alpha value is -2.32. The zero-order chi connectivity index (χ0) is 23.6. The van der Waals surface area contributed by atoms with Crippen LogP contribution >= 0.6 is 23.4 Å². The summed E-state index contributed by atoms with van der Waals surface area (Å²) in [5, 5.41) is 10.3. The Morgan fingerprint density at radius 2 is 1.64 bits per heavy atom. The Morgan fingerprint density at radius 1 is 1.00 bits per heavy atom. The van der Waals surface area contributed by atoms with Crippen LogP contribution in [-0.4, -0.2) is 35.6 Å². The van der Waals surface area contributed by atoms with E-state index in [1.165, 1.54) is 16.1 Å². The van der Waals surface area contributed by atoms with Gasteiger partial charge in [0.2, 0.25) is 10.0 Å². The number of aliphatic carboxylic acids is 1. The molecule has 1 N–H and O–H groups in total. The molecule has 3 aromatic carbocycles. The molecule has 3 aromatic rings. The maximum Gasteiger partial charge on any atom is 0.308 e. The van der Waals surface area contributed by atoms with Crippen LogP contribution in [0.1, 0.15) is 23.6 Å².